The Morgan fingerprint density at radius 3 is 2.23 bits per heavy atom. The molecule has 1 aromatic carbocycles. The van der Waals surface area contributed by atoms with E-state index < -0.39 is 0 Å². The number of carbonyl (C=O) groups excluding carboxylic acids is 1. The smallest absolute Gasteiger partial charge is 0.272 e. The Hall–Kier alpha value is -2.63. The van der Waals surface area contributed by atoms with Crippen LogP contribution in [0.3, 0.4) is 0 Å². The van der Waals surface area contributed by atoms with Crippen molar-refractivity contribution in [2.45, 2.75) is 12.8 Å². The first-order chi connectivity index (χ1) is 12.7. The Labute approximate surface area is 153 Å². The van der Waals surface area contributed by atoms with Crippen LogP contribution in [-0.4, -0.2) is 55.1 Å². The molecule has 0 N–H and O–H groups in total. The van der Waals surface area contributed by atoms with Crippen LogP contribution in [0, 0.1) is 5.82 Å². The summed E-state index contributed by atoms with van der Waals surface area (Å²) in [6, 6.07) is 10.7. The zero-order valence-electron chi connectivity index (χ0n) is 14.8. The molecule has 1 aromatic heterocycles. The molecule has 2 aliphatic rings. The molecule has 0 atom stereocenters. The van der Waals surface area contributed by atoms with Gasteiger partial charge < -0.3 is 14.7 Å². The van der Waals surface area contributed by atoms with Crippen LogP contribution in [0.15, 0.2) is 42.6 Å². The van der Waals surface area contributed by atoms with Crippen molar-refractivity contribution in [1.29, 1.82) is 0 Å². The van der Waals surface area contributed by atoms with Crippen LogP contribution < -0.4 is 9.80 Å². The van der Waals surface area contributed by atoms with Gasteiger partial charge in [-0.15, -0.1) is 0 Å². The number of piperazine rings is 1. The zero-order valence-corrected chi connectivity index (χ0v) is 14.8. The zero-order chi connectivity index (χ0) is 17.9. The molecule has 3 heterocycles. The predicted octanol–water partition coefficient (Wildman–Crippen LogP) is 2.78. The van der Waals surface area contributed by atoms with Gasteiger partial charge >= 0.3 is 0 Å². The maximum absolute atomic E-state index is 13.9. The van der Waals surface area contributed by atoms with E-state index in [-0.39, 0.29) is 11.7 Å². The molecule has 26 heavy (non-hydrogen) atoms. The van der Waals surface area contributed by atoms with Crippen LogP contribution in [0.25, 0.3) is 0 Å². The Balaban J connectivity index is 1.38. The molecule has 0 unspecified atom stereocenters. The molecule has 1 amide bonds. The second kappa shape index (κ2) is 7.32. The van der Waals surface area contributed by atoms with Gasteiger partial charge in [-0.25, -0.2) is 9.37 Å². The van der Waals surface area contributed by atoms with Gasteiger partial charge in [0.1, 0.15) is 11.5 Å². The summed E-state index contributed by atoms with van der Waals surface area (Å²) < 4.78 is 13.9. The highest BCUT2D eigenvalue weighted by atomic mass is 19.1. The van der Waals surface area contributed by atoms with Gasteiger partial charge in [-0.3, -0.25) is 4.79 Å². The van der Waals surface area contributed by atoms with Crippen molar-refractivity contribution in [3.63, 3.8) is 0 Å². The number of nitrogens with zero attached hydrogens (tertiary/aromatic N) is 4. The molecule has 0 spiro atoms. The lowest BCUT2D eigenvalue weighted by Crippen LogP contribution is -2.46. The predicted molar refractivity (Wildman–Crippen MR) is 100 cm³/mol. The number of anilines is 2. The third-order valence-electron chi connectivity index (χ3n) is 5.20. The molecule has 6 heteroatoms. The summed E-state index contributed by atoms with van der Waals surface area (Å²) in [5, 5.41) is 0. The van der Waals surface area contributed by atoms with E-state index in [9.17, 15) is 9.18 Å². The number of carbonyl (C=O) groups is 1. The highest BCUT2D eigenvalue weighted by Crippen LogP contribution is 2.23. The molecule has 136 valence electrons. The Kier molecular flexibility index (Phi) is 4.73. The fourth-order valence-corrected chi connectivity index (χ4v) is 3.70. The quantitative estimate of drug-likeness (QED) is 0.850. The van der Waals surface area contributed by atoms with Gasteiger partial charge in [-0.1, -0.05) is 12.1 Å². The van der Waals surface area contributed by atoms with E-state index in [0.29, 0.717) is 11.4 Å². The number of hydrogen-bond donors (Lipinski definition) is 0. The van der Waals surface area contributed by atoms with E-state index in [2.05, 4.69) is 14.8 Å². The van der Waals surface area contributed by atoms with Gasteiger partial charge in [0.2, 0.25) is 0 Å². The fraction of sp³-hybridized carbons (Fsp3) is 0.400. The van der Waals surface area contributed by atoms with Crippen molar-refractivity contribution >= 4 is 17.3 Å². The summed E-state index contributed by atoms with van der Waals surface area (Å²) in [6.07, 6.45) is 3.94. The van der Waals surface area contributed by atoms with Crippen molar-refractivity contribution in [2.24, 2.45) is 0 Å². The molecule has 2 aliphatic heterocycles. The third kappa shape index (κ3) is 3.36. The lowest BCUT2D eigenvalue weighted by Gasteiger charge is -2.37. The highest BCUT2D eigenvalue weighted by Gasteiger charge is 2.22. The van der Waals surface area contributed by atoms with E-state index in [0.717, 1.165) is 57.8 Å². The molecule has 0 saturated carbocycles. The standard InChI is InChI=1S/C20H23FN4O/c21-17-5-1-2-6-19(17)24-13-11-23(12-14-24)16-7-8-18(22-15-16)20(26)25-9-3-4-10-25/h1-2,5-8,15H,3-4,9-14H2. The van der Waals surface area contributed by atoms with Gasteiger partial charge in [0.05, 0.1) is 17.6 Å². The summed E-state index contributed by atoms with van der Waals surface area (Å²) in [4.78, 5) is 22.9. The topological polar surface area (TPSA) is 39.7 Å². The average Bonchev–Trinajstić information content (AvgIpc) is 3.23. The molecular weight excluding hydrogens is 331 g/mol. The van der Waals surface area contributed by atoms with Crippen molar-refractivity contribution < 1.29 is 9.18 Å². The maximum atomic E-state index is 13.9. The minimum absolute atomic E-state index is 0.0263. The van der Waals surface area contributed by atoms with Crippen molar-refractivity contribution in [3.05, 3.63) is 54.1 Å². The maximum Gasteiger partial charge on any atom is 0.272 e. The van der Waals surface area contributed by atoms with Gasteiger partial charge in [-0.05, 0) is 37.1 Å². The SMILES string of the molecule is O=C(c1ccc(N2CCN(c3ccccc3F)CC2)cn1)N1CCCC1. The molecule has 2 fully saturated rings. The van der Waals surface area contributed by atoms with Gasteiger partial charge in [0.25, 0.3) is 5.91 Å². The second-order valence-corrected chi connectivity index (χ2v) is 6.83. The lowest BCUT2D eigenvalue weighted by atomic mass is 10.2. The molecule has 5 nitrogen and oxygen atoms in total. The van der Waals surface area contributed by atoms with Gasteiger partial charge in [0.15, 0.2) is 0 Å². The molecule has 0 radical (unpaired) electrons. The summed E-state index contributed by atoms with van der Waals surface area (Å²) in [5.74, 6) is -0.147. The number of hydrogen-bond acceptors (Lipinski definition) is 4. The first kappa shape index (κ1) is 16.8. The molecule has 2 saturated heterocycles. The molecule has 2 aromatic rings. The Morgan fingerprint density at radius 1 is 0.885 bits per heavy atom. The fourth-order valence-electron chi connectivity index (χ4n) is 3.70. The van der Waals surface area contributed by atoms with Crippen molar-refractivity contribution in [2.75, 3.05) is 49.1 Å². The number of benzene rings is 1. The van der Waals surface area contributed by atoms with Crippen LogP contribution in [0.1, 0.15) is 23.3 Å². The number of amides is 1. The van der Waals surface area contributed by atoms with Crippen LogP contribution in [0.2, 0.25) is 0 Å². The number of halogens is 1. The molecular formula is C20H23FN4O. The van der Waals surface area contributed by atoms with E-state index in [4.69, 9.17) is 0 Å². The van der Waals surface area contributed by atoms with E-state index in [1.807, 2.05) is 29.2 Å². The van der Waals surface area contributed by atoms with Gasteiger partial charge in [-0.2, -0.15) is 0 Å². The summed E-state index contributed by atoms with van der Waals surface area (Å²) in [7, 11) is 0. The minimum atomic E-state index is -0.174. The normalized spacial score (nSPS) is 17.7. The van der Waals surface area contributed by atoms with E-state index in [1.54, 1.807) is 12.3 Å². The Morgan fingerprint density at radius 2 is 1.58 bits per heavy atom. The molecule has 0 aliphatic carbocycles. The van der Waals surface area contributed by atoms with Crippen LogP contribution in [-0.2, 0) is 0 Å². The van der Waals surface area contributed by atoms with Crippen LogP contribution in [0.4, 0.5) is 15.8 Å². The number of likely N-dealkylation sites (tertiary alicyclic amines) is 1. The number of para-hydroxylation sites is 1. The first-order valence-corrected chi connectivity index (χ1v) is 9.22. The average molecular weight is 354 g/mol. The Bertz CT molecular complexity index is 766. The summed E-state index contributed by atoms with van der Waals surface area (Å²) in [6.45, 7) is 4.79. The summed E-state index contributed by atoms with van der Waals surface area (Å²) in [5.41, 5.74) is 2.19. The van der Waals surface area contributed by atoms with Gasteiger partial charge in [0, 0.05) is 39.3 Å². The van der Waals surface area contributed by atoms with Crippen LogP contribution >= 0.6 is 0 Å². The molecule has 0 bridgehead atoms. The van der Waals surface area contributed by atoms with Crippen molar-refractivity contribution in [1.82, 2.24) is 9.88 Å². The van der Waals surface area contributed by atoms with E-state index >= 15 is 0 Å². The number of rotatable bonds is 3. The number of pyridine rings is 1. The third-order valence-corrected chi connectivity index (χ3v) is 5.20. The minimum Gasteiger partial charge on any atom is -0.367 e. The number of aromatic nitrogens is 1. The first-order valence-electron chi connectivity index (χ1n) is 9.22. The van der Waals surface area contributed by atoms with Crippen LogP contribution in [0.5, 0.6) is 0 Å². The monoisotopic (exact) mass is 354 g/mol. The largest absolute Gasteiger partial charge is 0.367 e. The lowest BCUT2D eigenvalue weighted by molar-refractivity contribution is 0.0787. The second-order valence-electron chi connectivity index (χ2n) is 6.83. The summed E-state index contributed by atoms with van der Waals surface area (Å²) >= 11 is 0. The van der Waals surface area contributed by atoms with E-state index in [1.165, 1.54) is 6.07 Å². The molecule has 4 rings (SSSR count). The highest BCUT2D eigenvalue weighted by molar-refractivity contribution is 5.92. The van der Waals surface area contributed by atoms with Crippen molar-refractivity contribution in [3.8, 4) is 0 Å².